The first-order valence-electron chi connectivity index (χ1n) is 9.68. The van der Waals surface area contributed by atoms with E-state index in [4.69, 9.17) is 4.98 Å². The Morgan fingerprint density at radius 1 is 1.03 bits per heavy atom. The predicted molar refractivity (Wildman–Crippen MR) is 116 cm³/mol. The van der Waals surface area contributed by atoms with Crippen LogP contribution in [0.15, 0.2) is 72.9 Å². The average Bonchev–Trinajstić information content (AvgIpc) is 3.15. The summed E-state index contributed by atoms with van der Waals surface area (Å²) < 4.78 is 0. The summed E-state index contributed by atoms with van der Waals surface area (Å²) in [5, 5.41) is 3.99. The summed E-state index contributed by atoms with van der Waals surface area (Å²) >= 11 is 0. The summed E-state index contributed by atoms with van der Waals surface area (Å²) in [6.07, 6.45) is 2.62. The maximum atomic E-state index is 12.4. The lowest BCUT2D eigenvalue weighted by molar-refractivity contribution is 0.102. The monoisotopic (exact) mass is 380 g/mol. The molecule has 29 heavy (non-hydrogen) atoms. The summed E-state index contributed by atoms with van der Waals surface area (Å²) in [5.74, 6) is 1.38. The summed E-state index contributed by atoms with van der Waals surface area (Å²) in [5.41, 5.74) is 5.12. The number of nitrogens with zero attached hydrogens (tertiary/aromatic N) is 3. The molecule has 0 atom stereocenters. The Hall–Kier alpha value is -3.73. The first kappa shape index (κ1) is 17.4. The van der Waals surface area contributed by atoms with E-state index in [1.54, 1.807) is 12.3 Å². The van der Waals surface area contributed by atoms with Crippen molar-refractivity contribution in [3.8, 4) is 0 Å². The molecule has 4 aromatic rings. The van der Waals surface area contributed by atoms with E-state index < -0.39 is 0 Å². The minimum absolute atomic E-state index is 0.170. The fourth-order valence-corrected chi connectivity index (χ4v) is 3.74. The van der Waals surface area contributed by atoms with Gasteiger partial charge in [0.2, 0.25) is 0 Å². The highest BCUT2D eigenvalue weighted by Gasteiger charge is 2.23. The molecule has 0 fully saturated rings. The van der Waals surface area contributed by atoms with Crippen LogP contribution in [-0.2, 0) is 6.42 Å². The van der Waals surface area contributed by atoms with Gasteiger partial charge in [0.15, 0.2) is 0 Å². The Balaban J connectivity index is 1.41. The molecule has 0 saturated heterocycles. The zero-order valence-corrected chi connectivity index (χ0v) is 16.1. The van der Waals surface area contributed by atoms with Crippen molar-refractivity contribution in [3.05, 3.63) is 89.6 Å². The molecule has 5 nitrogen and oxygen atoms in total. The SMILES string of the molecule is Cc1ccc2cc3c(nc2c1)N(c1ccc(C(=O)Nc2ccccn2)cc1)CC3. The second-order valence-corrected chi connectivity index (χ2v) is 7.28. The van der Waals surface area contributed by atoms with Crippen LogP contribution in [0, 0.1) is 6.92 Å². The Kier molecular flexibility index (Phi) is 4.21. The van der Waals surface area contributed by atoms with Crippen molar-refractivity contribution >= 4 is 34.1 Å². The molecule has 2 aromatic carbocycles. The van der Waals surface area contributed by atoms with Gasteiger partial charge in [-0.2, -0.15) is 0 Å². The third-order valence-corrected chi connectivity index (χ3v) is 5.24. The molecule has 1 aliphatic rings. The first-order valence-corrected chi connectivity index (χ1v) is 9.68. The second-order valence-electron chi connectivity index (χ2n) is 7.28. The minimum atomic E-state index is -0.170. The molecule has 1 amide bonds. The van der Waals surface area contributed by atoms with Crippen molar-refractivity contribution in [2.75, 3.05) is 16.8 Å². The highest BCUT2D eigenvalue weighted by atomic mass is 16.1. The molecule has 1 N–H and O–H groups in total. The molecule has 0 spiro atoms. The summed E-state index contributed by atoms with van der Waals surface area (Å²) in [6, 6.07) is 21.7. The van der Waals surface area contributed by atoms with Crippen molar-refractivity contribution in [1.29, 1.82) is 0 Å². The van der Waals surface area contributed by atoms with Gasteiger partial charge < -0.3 is 10.2 Å². The molecule has 5 rings (SSSR count). The number of carbonyl (C=O) groups is 1. The Morgan fingerprint density at radius 2 is 1.90 bits per heavy atom. The number of hydrogen-bond donors (Lipinski definition) is 1. The molecular formula is C24H20N4O. The van der Waals surface area contributed by atoms with Gasteiger partial charge in [-0.1, -0.05) is 18.2 Å². The van der Waals surface area contributed by atoms with E-state index in [2.05, 4.69) is 46.4 Å². The van der Waals surface area contributed by atoms with Gasteiger partial charge in [0, 0.05) is 29.4 Å². The van der Waals surface area contributed by atoms with E-state index in [0.717, 1.165) is 30.0 Å². The van der Waals surface area contributed by atoms with Gasteiger partial charge in [-0.3, -0.25) is 4.79 Å². The molecule has 5 heteroatoms. The van der Waals surface area contributed by atoms with Crippen LogP contribution < -0.4 is 10.2 Å². The largest absolute Gasteiger partial charge is 0.326 e. The molecule has 142 valence electrons. The van der Waals surface area contributed by atoms with E-state index >= 15 is 0 Å². The Morgan fingerprint density at radius 3 is 2.69 bits per heavy atom. The number of benzene rings is 2. The van der Waals surface area contributed by atoms with Crippen molar-refractivity contribution in [2.24, 2.45) is 0 Å². The van der Waals surface area contributed by atoms with Crippen molar-refractivity contribution in [2.45, 2.75) is 13.3 Å². The molecule has 1 aliphatic heterocycles. The van der Waals surface area contributed by atoms with Gasteiger partial charge in [-0.05, 0) is 73.0 Å². The van der Waals surface area contributed by atoms with Crippen LogP contribution in [-0.4, -0.2) is 22.4 Å². The van der Waals surface area contributed by atoms with Gasteiger partial charge >= 0.3 is 0 Å². The van der Waals surface area contributed by atoms with E-state index in [9.17, 15) is 4.79 Å². The van der Waals surface area contributed by atoms with E-state index in [0.29, 0.717) is 11.4 Å². The van der Waals surface area contributed by atoms with Gasteiger partial charge in [-0.15, -0.1) is 0 Å². The topological polar surface area (TPSA) is 58.1 Å². The zero-order chi connectivity index (χ0) is 19.8. The number of nitrogens with one attached hydrogen (secondary N) is 1. The van der Waals surface area contributed by atoms with Gasteiger partial charge in [0.1, 0.15) is 11.6 Å². The maximum absolute atomic E-state index is 12.4. The highest BCUT2D eigenvalue weighted by molar-refractivity contribution is 6.04. The van der Waals surface area contributed by atoms with Gasteiger partial charge in [0.05, 0.1) is 5.52 Å². The number of anilines is 3. The van der Waals surface area contributed by atoms with Gasteiger partial charge in [-0.25, -0.2) is 9.97 Å². The summed E-state index contributed by atoms with van der Waals surface area (Å²) in [7, 11) is 0. The van der Waals surface area contributed by atoms with Crippen LogP contribution in [0.3, 0.4) is 0 Å². The summed E-state index contributed by atoms with van der Waals surface area (Å²) in [6.45, 7) is 2.97. The molecular weight excluding hydrogens is 360 g/mol. The molecule has 0 unspecified atom stereocenters. The smallest absolute Gasteiger partial charge is 0.256 e. The minimum Gasteiger partial charge on any atom is -0.326 e. The summed E-state index contributed by atoms with van der Waals surface area (Å²) in [4.78, 5) is 23.7. The number of carbonyl (C=O) groups excluding carboxylic acids is 1. The number of amides is 1. The highest BCUT2D eigenvalue weighted by Crippen LogP contribution is 2.35. The third-order valence-electron chi connectivity index (χ3n) is 5.24. The first-order chi connectivity index (χ1) is 14.2. The molecule has 2 aromatic heterocycles. The van der Waals surface area contributed by atoms with Crippen molar-refractivity contribution in [1.82, 2.24) is 9.97 Å². The fourth-order valence-electron chi connectivity index (χ4n) is 3.74. The normalized spacial score (nSPS) is 12.8. The van der Waals surface area contributed by atoms with Crippen LogP contribution in [0.4, 0.5) is 17.3 Å². The third kappa shape index (κ3) is 3.31. The van der Waals surface area contributed by atoms with Crippen molar-refractivity contribution in [3.63, 3.8) is 0 Å². The lowest BCUT2D eigenvalue weighted by atomic mass is 10.1. The molecule has 0 aliphatic carbocycles. The lowest BCUT2D eigenvalue weighted by Gasteiger charge is -2.19. The lowest BCUT2D eigenvalue weighted by Crippen LogP contribution is -2.16. The predicted octanol–water partition coefficient (Wildman–Crippen LogP) is 4.88. The molecule has 0 radical (unpaired) electrons. The number of aryl methyl sites for hydroxylation is 1. The number of fused-ring (bicyclic) bond motifs is 2. The quantitative estimate of drug-likeness (QED) is 0.550. The standard InChI is InChI=1S/C24H20N4O/c1-16-5-6-18-15-19-11-13-28(23(19)26-21(18)14-16)20-9-7-17(8-10-20)24(29)27-22-4-2-3-12-25-22/h2-10,12,14-15H,11,13H2,1H3,(H,25,27,29). The number of pyridine rings is 2. The molecule has 0 bridgehead atoms. The van der Waals surface area contributed by atoms with Crippen LogP contribution in [0.5, 0.6) is 0 Å². The van der Waals surface area contributed by atoms with Crippen LogP contribution >= 0.6 is 0 Å². The van der Waals surface area contributed by atoms with Crippen LogP contribution in [0.1, 0.15) is 21.5 Å². The Bertz CT molecular complexity index is 1200. The van der Waals surface area contributed by atoms with E-state index in [1.165, 1.54) is 16.5 Å². The van der Waals surface area contributed by atoms with E-state index in [-0.39, 0.29) is 5.91 Å². The molecule has 3 heterocycles. The van der Waals surface area contributed by atoms with Crippen molar-refractivity contribution < 1.29 is 4.79 Å². The van der Waals surface area contributed by atoms with Crippen LogP contribution in [0.2, 0.25) is 0 Å². The fraction of sp³-hybridized carbons (Fsp3) is 0.125. The molecule has 0 saturated carbocycles. The number of aromatic nitrogens is 2. The average molecular weight is 380 g/mol. The van der Waals surface area contributed by atoms with Crippen LogP contribution in [0.25, 0.3) is 10.9 Å². The maximum Gasteiger partial charge on any atom is 0.256 e. The number of rotatable bonds is 3. The Labute approximate surface area is 169 Å². The zero-order valence-electron chi connectivity index (χ0n) is 16.1. The number of hydrogen-bond acceptors (Lipinski definition) is 4. The van der Waals surface area contributed by atoms with Gasteiger partial charge in [0.25, 0.3) is 5.91 Å². The second kappa shape index (κ2) is 7.02. The van der Waals surface area contributed by atoms with E-state index in [1.807, 2.05) is 36.4 Å².